The maximum absolute atomic E-state index is 11.7. The summed E-state index contributed by atoms with van der Waals surface area (Å²) < 4.78 is 6.16. The number of carbonyl (C=O) groups is 2. The molecule has 0 spiro atoms. The molecule has 1 aromatic rings. The third kappa shape index (κ3) is 5.15. The van der Waals surface area contributed by atoms with Crippen LogP contribution in [0.2, 0.25) is 14.8 Å². The van der Waals surface area contributed by atoms with E-state index in [1.165, 1.54) is 17.6 Å². The third-order valence-corrected chi connectivity index (χ3v) is 9.02. The van der Waals surface area contributed by atoms with E-state index in [-0.39, 0.29) is 5.91 Å². The van der Waals surface area contributed by atoms with Crippen LogP contribution in [-0.4, -0.2) is 43.4 Å². The summed E-state index contributed by atoms with van der Waals surface area (Å²) in [5, 5.41) is 2.62. The molecule has 0 heterocycles. The monoisotopic (exact) mass is 385 g/mol. The van der Waals surface area contributed by atoms with E-state index in [1.807, 2.05) is 12.1 Å². The van der Waals surface area contributed by atoms with Gasteiger partial charge in [-0.3, -0.25) is 0 Å². The molecule has 0 fully saturated rings. The van der Waals surface area contributed by atoms with Gasteiger partial charge in [0.25, 0.3) is 0 Å². The van der Waals surface area contributed by atoms with Gasteiger partial charge in [0.2, 0.25) is 0 Å². The van der Waals surface area contributed by atoms with Crippen molar-refractivity contribution in [2.24, 2.45) is 0 Å². The van der Waals surface area contributed by atoms with E-state index in [0.29, 0.717) is 6.42 Å². The van der Waals surface area contributed by atoms with Gasteiger partial charge in [0.15, 0.2) is 0 Å². The van der Waals surface area contributed by atoms with E-state index in [2.05, 4.69) is 32.3 Å². The van der Waals surface area contributed by atoms with Crippen molar-refractivity contribution < 1.29 is 14.3 Å². The van der Waals surface area contributed by atoms with Crippen molar-refractivity contribution in [2.75, 3.05) is 7.11 Å². The molecule has 0 saturated heterocycles. The number of benzene rings is 1. The fraction of sp³-hybridized carbons (Fsp3) is 0.467. The van der Waals surface area contributed by atoms with E-state index in [9.17, 15) is 9.59 Å². The van der Waals surface area contributed by atoms with Crippen molar-refractivity contribution in [1.82, 2.24) is 5.32 Å². The van der Waals surface area contributed by atoms with Crippen LogP contribution in [-0.2, 0) is 20.7 Å². The molecule has 110 valence electrons. The average Bonchev–Trinajstić information content (AvgIpc) is 2.36. The summed E-state index contributed by atoms with van der Waals surface area (Å²) in [6.45, 7) is 1.40. The van der Waals surface area contributed by atoms with Gasteiger partial charge in [-0.2, -0.15) is 0 Å². The van der Waals surface area contributed by atoms with Crippen LogP contribution < -0.4 is 8.90 Å². The summed E-state index contributed by atoms with van der Waals surface area (Å²) in [7, 11) is 1.33. The first-order valence-corrected chi connectivity index (χ1v) is 16.7. The van der Waals surface area contributed by atoms with Gasteiger partial charge in [-0.15, -0.1) is 0 Å². The second-order valence-electron chi connectivity index (χ2n) is 5.93. The molecule has 4 nitrogen and oxygen atoms in total. The standard InChI is InChI=1S/C12H14NO3.3CH3.Sn/c1-9(14)13-11(12(15)16-2)8-10-6-4-3-5-7-10;;;;/h4-7,11H,8H2,1-2H3,(H,13,14);3*1H3;. The van der Waals surface area contributed by atoms with Crippen LogP contribution in [0.1, 0.15) is 12.5 Å². The number of methoxy groups -OCH3 is 1. The Bertz CT molecular complexity index is 477. The zero-order valence-corrected chi connectivity index (χ0v) is 15.7. The Labute approximate surface area is 124 Å². The number of hydrogen-bond acceptors (Lipinski definition) is 3. The Morgan fingerprint density at radius 1 is 1.20 bits per heavy atom. The topological polar surface area (TPSA) is 55.4 Å². The van der Waals surface area contributed by atoms with Crippen LogP contribution in [0.3, 0.4) is 0 Å². The van der Waals surface area contributed by atoms with Crippen molar-refractivity contribution in [3.05, 3.63) is 29.8 Å². The minimum atomic E-state index is -2.03. The minimum absolute atomic E-state index is 0.233. The Morgan fingerprint density at radius 2 is 1.75 bits per heavy atom. The van der Waals surface area contributed by atoms with Crippen molar-refractivity contribution in [1.29, 1.82) is 0 Å². The van der Waals surface area contributed by atoms with Gasteiger partial charge < -0.3 is 0 Å². The first-order chi connectivity index (χ1) is 9.24. The summed E-state index contributed by atoms with van der Waals surface area (Å²) in [5.41, 5.74) is 1.02. The second kappa shape index (κ2) is 7.11. The molecule has 0 bridgehead atoms. The summed E-state index contributed by atoms with van der Waals surface area (Å²) >= 11 is -2.03. The van der Waals surface area contributed by atoms with E-state index in [0.717, 1.165) is 5.56 Å². The zero-order chi connectivity index (χ0) is 15.3. The summed E-state index contributed by atoms with van der Waals surface area (Å²) in [6.07, 6.45) is 0.451. The molecule has 20 heavy (non-hydrogen) atoms. The molecule has 0 radical (unpaired) electrons. The molecule has 1 atom stereocenters. The first-order valence-electron chi connectivity index (χ1n) is 6.68. The van der Waals surface area contributed by atoms with Crippen LogP contribution in [0.25, 0.3) is 0 Å². The predicted molar refractivity (Wildman–Crippen MR) is 82.7 cm³/mol. The maximum atomic E-state index is 11.7. The molecule has 1 unspecified atom stereocenters. The fourth-order valence-electron chi connectivity index (χ4n) is 1.96. The Hall–Kier alpha value is -1.04. The summed E-state index contributed by atoms with van der Waals surface area (Å²) in [6, 6.07) is 7.74. The van der Waals surface area contributed by atoms with Gasteiger partial charge in [0, 0.05) is 0 Å². The molecular weight excluding hydrogens is 361 g/mol. The van der Waals surface area contributed by atoms with E-state index >= 15 is 0 Å². The van der Waals surface area contributed by atoms with Crippen molar-refractivity contribution in [3.63, 3.8) is 0 Å². The van der Waals surface area contributed by atoms with E-state index in [1.54, 1.807) is 0 Å². The molecule has 1 N–H and O–H groups in total. The fourth-order valence-corrected chi connectivity index (χ4v) is 5.29. The summed E-state index contributed by atoms with van der Waals surface area (Å²) in [4.78, 5) is 29.9. The number of hydrogen-bond donors (Lipinski definition) is 1. The van der Waals surface area contributed by atoms with Crippen molar-refractivity contribution >= 4 is 33.8 Å². The molecule has 0 aliphatic heterocycles. The van der Waals surface area contributed by atoms with Gasteiger partial charge in [0.05, 0.1) is 0 Å². The number of nitrogens with one attached hydrogen (secondary N) is 1. The van der Waals surface area contributed by atoms with Crippen LogP contribution in [0.15, 0.2) is 24.3 Å². The van der Waals surface area contributed by atoms with E-state index in [4.69, 9.17) is 4.74 Å². The normalized spacial score (nSPS) is 12.7. The predicted octanol–water partition coefficient (Wildman–Crippen LogP) is 1.45. The van der Waals surface area contributed by atoms with Crippen LogP contribution >= 0.6 is 0 Å². The number of amides is 1. The molecule has 5 heteroatoms. The average molecular weight is 384 g/mol. The number of esters is 1. The molecule has 1 aromatic carbocycles. The van der Waals surface area contributed by atoms with Crippen molar-refractivity contribution in [2.45, 2.75) is 34.2 Å². The quantitative estimate of drug-likeness (QED) is 0.618. The molecular formula is C15H23NO3Sn. The Morgan fingerprint density at radius 3 is 2.15 bits per heavy atom. The number of carbonyl (C=O) groups excluding carboxylic acids is 2. The number of rotatable bonds is 5. The van der Waals surface area contributed by atoms with E-state index < -0.39 is 30.4 Å². The molecule has 1 rings (SSSR count). The third-order valence-electron chi connectivity index (χ3n) is 3.12. The van der Waals surface area contributed by atoms with Gasteiger partial charge >= 0.3 is 125 Å². The van der Waals surface area contributed by atoms with Crippen LogP contribution in [0.4, 0.5) is 0 Å². The zero-order valence-electron chi connectivity index (χ0n) is 12.8. The Balaban J connectivity index is 2.83. The molecule has 0 aliphatic carbocycles. The van der Waals surface area contributed by atoms with Gasteiger partial charge in [0.1, 0.15) is 0 Å². The molecule has 0 saturated carbocycles. The van der Waals surface area contributed by atoms with Crippen molar-refractivity contribution in [3.8, 4) is 0 Å². The van der Waals surface area contributed by atoms with Gasteiger partial charge in [-0.05, 0) is 0 Å². The Kier molecular flexibility index (Phi) is 6.04. The van der Waals surface area contributed by atoms with Gasteiger partial charge in [-0.25, -0.2) is 0 Å². The molecule has 1 amide bonds. The first kappa shape index (κ1) is 17.0. The molecule has 0 aromatic heterocycles. The van der Waals surface area contributed by atoms with Crippen LogP contribution in [0.5, 0.6) is 0 Å². The van der Waals surface area contributed by atoms with Gasteiger partial charge in [-0.1, -0.05) is 0 Å². The second-order valence-corrected chi connectivity index (χ2v) is 20.4. The van der Waals surface area contributed by atoms with Crippen LogP contribution in [0, 0.1) is 0 Å². The SMILES string of the molecule is COC(=O)C(Cc1cc[c]([Sn]([CH3])([CH3])[CH3])cc1)NC(C)=O. The number of ether oxygens (including phenoxy) is 1. The summed E-state index contributed by atoms with van der Waals surface area (Å²) in [5.74, 6) is -0.651. The molecule has 0 aliphatic rings.